The van der Waals surface area contributed by atoms with Gasteiger partial charge in [-0.2, -0.15) is 0 Å². The summed E-state index contributed by atoms with van der Waals surface area (Å²) in [6, 6.07) is 2.54. The number of furan rings is 1. The molecule has 0 saturated carbocycles. The van der Waals surface area contributed by atoms with Crippen molar-refractivity contribution in [3.05, 3.63) is 30.2 Å². The Morgan fingerprint density at radius 1 is 1.62 bits per heavy atom. The summed E-state index contributed by atoms with van der Waals surface area (Å²) in [6.07, 6.45) is 4.55. The molecule has 16 heavy (non-hydrogen) atoms. The van der Waals surface area contributed by atoms with Crippen molar-refractivity contribution in [2.45, 2.75) is 19.4 Å². The maximum absolute atomic E-state index is 11.3. The molecule has 5 nitrogen and oxygen atoms in total. The van der Waals surface area contributed by atoms with Crippen LogP contribution in [0.5, 0.6) is 0 Å². The molecule has 0 aliphatic heterocycles. The van der Waals surface area contributed by atoms with Crippen LogP contribution in [0.2, 0.25) is 0 Å². The summed E-state index contributed by atoms with van der Waals surface area (Å²) in [6.45, 7) is 1.69. The number of carboxylic acid groups (broad SMARTS) is 1. The van der Waals surface area contributed by atoms with Crippen LogP contribution >= 0.6 is 0 Å². The predicted molar refractivity (Wildman–Crippen MR) is 57.6 cm³/mol. The first-order valence-corrected chi connectivity index (χ1v) is 4.88. The fourth-order valence-corrected chi connectivity index (χ4v) is 1.10. The monoisotopic (exact) mass is 223 g/mol. The minimum atomic E-state index is -1.04. The fraction of sp³-hybridized carbons (Fsp3) is 0.273. The van der Waals surface area contributed by atoms with Gasteiger partial charge in [0.2, 0.25) is 5.91 Å². The second-order valence-electron chi connectivity index (χ2n) is 3.16. The first kappa shape index (κ1) is 12.0. The van der Waals surface area contributed by atoms with Gasteiger partial charge in [0.05, 0.1) is 6.26 Å². The number of rotatable bonds is 5. The lowest BCUT2D eigenvalue weighted by molar-refractivity contribution is -0.141. The largest absolute Gasteiger partial charge is 0.480 e. The van der Waals surface area contributed by atoms with Crippen LogP contribution in [0.3, 0.4) is 0 Å². The fourth-order valence-electron chi connectivity index (χ4n) is 1.10. The van der Waals surface area contributed by atoms with E-state index < -0.39 is 17.9 Å². The summed E-state index contributed by atoms with van der Waals surface area (Å²) in [7, 11) is 0. The van der Waals surface area contributed by atoms with Crippen LogP contribution in [0.1, 0.15) is 19.1 Å². The zero-order valence-corrected chi connectivity index (χ0v) is 8.84. The van der Waals surface area contributed by atoms with E-state index in [1.807, 2.05) is 0 Å². The van der Waals surface area contributed by atoms with Gasteiger partial charge in [-0.05, 0) is 24.6 Å². The van der Waals surface area contributed by atoms with Gasteiger partial charge in [0.25, 0.3) is 0 Å². The van der Waals surface area contributed by atoms with Crippen molar-refractivity contribution in [1.29, 1.82) is 0 Å². The minimum Gasteiger partial charge on any atom is -0.480 e. The highest BCUT2D eigenvalue weighted by Crippen LogP contribution is 2.02. The Balaban J connectivity index is 2.50. The maximum Gasteiger partial charge on any atom is 0.326 e. The lowest BCUT2D eigenvalue weighted by atomic mass is 10.2. The third-order valence-electron chi connectivity index (χ3n) is 1.96. The van der Waals surface area contributed by atoms with Crippen molar-refractivity contribution >= 4 is 18.0 Å². The van der Waals surface area contributed by atoms with Gasteiger partial charge < -0.3 is 14.8 Å². The highest BCUT2D eigenvalue weighted by molar-refractivity contribution is 5.94. The zero-order chi connectivity index (χ0) is 12.0. The van der Waals surface area contributed by atoms with E-state index in [4.69, 9.17) is 9.52 Å². The molecule has 0 aromatic carbocycles. The van der Waals surface area contributed by atoms with Crippen LogP contribution < -0.4 is 5.32 Å². The average Bonchev–Trinajstić information content (AvgIpc) is 2.75. The molecular formula is C11H13NO4. The van der Waals surface area contributed by atoms with Crippen molar-refractivity contribution < 1.29 is 19.1 Å². The molecule has 0 spiro atoms. The first-order chi connectivity index (χ1) is 7.63. The first-order valence-electron chi connectivity index (χ1n) is 4.88. The molecular weight excluding hydrogens is 210 g/mol. The molecule has 0 bridgehead atoms. The third-order valence-corrected chi connectivity index (χ3v) is 1.96. The third kappa shape index (κ3) is 3.61. The van der Waals surface area contributed by atoms with Gasteiger partial charge in [-0.15, -0.1) is 0 Å². The summed E-state index contributed by atoms with van der Waals surface area (Å²) in [5, 5.41) is 11.1. The van der Waals surface area contributed by atoms with Crippen LogP contribution in [-0.2, 0) is 9.59 Å². The van der Waals surface area contributed by atoms with Crippen LogP contribution in [0.25, 0.3) is 6.08 Å². The number of aliphatic carboxylic acids is 1. The Kier molecular flexibility index (Phi) is 4.32. The molecule has 0 aliphatic rings. The summed E-state index contributed by atoms with van der Waals surface area (Å²) in [5.41, 5.74) is 0. The Morgan fingerprint density at radius 2 is 2.38 bits per heavy atom. The molecule has 1 rings (SSSR count). The molecule has 0 saturated heterocycles. The molecule has 0 unspecified atom stereocenters. The number of nitrogens with one attached hydrogen (secondary N) is 1. The van der Waals surface area contributed by atoms with Gasteiger partial charge in [-0.3, -0.25) is 4.79 Å². The van der Waals surface area contributed by atoms with E-state index in [1.54, 1.807) is 19.1 Å². The Bertz CT molecular complexity index is 381. The Morgan fingerprint density at radius 3 is 2.88 bits per heavy atom. The lowest BCUT2D eigenvalue weighted by Crippen LogP contribution is -2.39. The number of hydrogen-bond acceptors (Lipinski definition) is 3. The average molecular weight is 223 g/mol. The molecule has 1 aromatic rings. The molecule has 1 atom stereocenters. The molecule has 1 aromatic heterocycles. The second kappa shape index (κ2) is 5.75. The highest BCUT2D eigenvalue weighted by atomic mass is 16.4. The number of carbonyl (C=O) groups excluding carboxylic acids is 1. The van der Waals surface area contributed by atoms with Gasteiger partial charge in [-0.25, -0.2) is 4.79 Å². The van der Waals surface area contributed by atoms with Gasteiger partial charge >= 0.3 is 5.97 Å². The lowest BCUT2D eigenvalue weighted by Gasteiger charge is -2.09. The highest BCUT2D eigenvalue weighted by Gasteiger charge is 2.15. The summed E-state index contributed by atoms with van der Waals surface area (Å²) in [5.74, 6) is -0.952. The van der Waals surface area contributed by atoms with Crippen molar-refractivity contribution in [3.63, 3.8) is 0 Å². The summed E-state index contributed by atoms with van der Waals surface area (Å²) >= 11 is 0. The maximum atomic E-state index is 11.3. The SMILES string of the molecule is CC[C@@H](NC(=O)C=Cc1ccco1)C(=O)O. The molecule has 1 heterocycles. The number of hydrogen-bond donors (Lipinski definition) is 2. The molecule has 86 valence electrons. The Labute approximate surface area is 92.8 Å². The number of amides is 1. The molecule has 0 fully saturated rings. The predicted octanol–water partition coefficient (Wildman–Crippen LogP) is 1.27. The molecule has 2 N–H and O–H groups in total. The van der Waals surface area contributed by atoms with Crippen molar-refractivity contribution in [1.82, 2.24) is 5.32 Å². The van der Waals surface area contributed by atoms with Crippen molar-refractivity contribution in [2.75, 3.05) is 0 Å². The summed E-state index contributed by atoms with van der Waals surface area (Å²) in [4.78, 5) is 22.0. The topological polar surface area (TPSA) is 79.5 Å². The zero-order valence-electron chi connectivity index (χ0n) is 8.84. The molecule has 5 heteroatoms. The van der Waals surface area contributed by atoms with Gasteiger partial charge in [0.15, 0.2) is 0 Å². The normalized spacial score (nSPS) is 12.6. The minimum absolute atomic E-state index is 0.343. The van der Waals surface area contributed by atoms with E-state index in [0.29, 0.717) is 12.2 Å². The number of carboxylic acids is 1. The standard InChI is InChI=1S/C11H13NO4/c1-2-9(11(14)15)12-10(13)6-5-8-4-3-7-16-8/h3-7,9H,2H2,1H3,(H,12,13)(H,14,15)/t9-/m1/s1. The Hall–Kier alpha value is -2.04. The van der Waals surface area contributed by atoms with Crippen molar-refractivity contribution in [2.24, 2.45) is 0 Å². The second-order valence-corrected chi connectivity index (χ2v) is 3.16. The van der Waals surface area contributed by atoms with Crippen LogP contribution in [0.4, 0.5) is 0 Å². The molecule has 0 radical (unpaired) electrons. The van der Waals surface area contributed by atoms with E-state index in [9.17, 15) is 9.59 Å². The van der Waals surface area contributed by atoms with E-state index in [1.165, 1.54) is 18.4 Å². The molecule has 0 aliphatic carbocycles. The van der Waals surface area contributed by atoms with Gasteiger partial charge in [0.1, 0.15) is 11.8 Å². The smallest absolute Gasteiger partial charge is 0.326 e. The quantitative estimate of drug-likeness (QED) is 0.737. The van der Waals surface area contributed by atoms with Gasteiger partial charge in [0, 0.05) is 6.08 Å². The number of carbonyl (C=O) groups is 2. The van der Waals surface area contributed by atoms with E-state index in [-0.39, 0.29) is 0 Å². The van der Waals surface area contributed by atoms with E-state index in [2.05, 4.69) is 5.32 Å². The van der Waals surface area contributed by atoms with Crippen LogP contribution in [-0.4, -0.2) is 23.0 Å². The summed E-state index contributed by atoms with van der Waals surface area (Å²) < 4.78 is 4.98. The van der Waals surface area contributed by atoms with Crippen LogP contribution in [0, 0.1) is 0 Å². The van der Waals surface area contributed by atoms with Gasteiger partial charge in [-0.1, -0.05) is 6.92 Å². The molecule has 1 amide bonds. The van der Waals surface area contributed by atoms with E-state index in [0.717, 1.165) is 0 Å². The van der Waals surface area contributed by atoms with Crippen LogP contribution in [0.15, 0.2) is 28.9 Å². The van der Waals surface area contributed by atoms with E-state index >= 15 is 0 Å². The van der Waals surface area contributed by atoms with Crippen molar-refractivity contribution in [3.8, 4) is 0 Å².